The lowest BCUT2D eigenvalue weighted by atomic mass is 10.8. The predicted molar refractivity (Wildman–Crippen MR) is 41.4 cm³/mol. The number of hydrogen-bond acceptors (Lipinski definition) is 2. The average Bonchev–Trinajstić information content (AvgIpc) is 1.83. The molecule has 0 aliphatic rings. The predicted octanol–water partition coefficient (Wildman–Crippen LogP) is 0.781. The van der Waals surface area contributed by atoms with Crippen LogP contribution in [0.4, 0.5) is 0 Å². The van der Waals surface area contributed by atoms with Gasteiger partial charge in [-0.25, -0.2) is 0 Å². The van der Waals surface area contributed by atoms with Crippen LogP contribution in [0.25, 0.3) is 0 Å². The van der Waals surface area contributed by atoms with Crippen molar-refractivity contribution in [3.8, 4) is 5.18 Å². The first-order valence-corrected chi connectivity index (χ1v) is 4.62. The van der Waals surface area contributed by atoms with Crippen molar-refractivity contribution in [2.45, 2.75) is 13.8 Å². The van der Waals surface area contributed by atoms with Crippen molar-refractivity contribution in [1.29, 1.82) is 0 Å². The molecule has 0 bridgehead atoms. The van der Waals surface area contributed by atoms with Gasteiger partial charge in [0.25, 0.3) is 0 Å². The van der Waals surface area contributed by atoms with Crippen molar-refractivity contribution in [3.05, 3.63) is 0 Å². The lowest BCUT2D eigenvalue weighted by Gasteiger charge is -2.10. The van der Waals surface area contributed by atoms with E-state index in [1.54, 1.807) is 0 Å². The summed E-state index contributed by atoms with van der Waals surface area (Å²) in [5, 5.41) is 6.41. The van der Waals surface area contributed by atoms with E-state index >= 15 is 0 Å². The van der Waals surface area contributed by atoms with Gasteiger partial charge in [0.05, 0.1) is 0 Å². The lowest BCUT2D eigenvalue weighted by molar-refractivity contribution is 0.839. The van der Waals surface area contributed by atoms with E-state index in [1.165, 1.54) is 0 Å². The number of hydrogen-bond donors (Lipinski definition) is 1. The summed E-state index contributed by atoms with van der Waals surface area (Å²) in [5.74, 6) is 1.09. The Labute approximate surface area is 54.0 Å². The SMILES string of the molecule is CC#[S-](C)CNCC. The Morgan fingerprint density at radius 3 is 2.62 bits per heavy atom. The third-order valence-corrected chi connectivity index (χ3v) is 2.25. The fourth-order valence-electron chi connectivity index (χ4n) is 0.327. The minimum atomic E-state index is 0.362. The smallest absolute Gasteiger partial charge is 0.00973 e. The molecule has 0 saturated carbocycles. The largest absolute Gasteiger partial charge is 0.444 e. The Kier molecular flexibility index (Phi) is 5.29. The second kappa shape index (κ2) is 5.23. The summed E-state index contributed by atoms with van der Waals surface area (Å²) >= 11 is 0. The summed E-state index contributed by atoms with van der Waals surface area (Å²) in [4.78, 5) is 0. The quantitative estimate of drug-likeness (QED) is 0.547. The summed E-state index contributed by atoms with van der Waals surface area (Å²) in [6, 6.07) is 0. The highest BCUT2D eigenvalue weighted by molar-refractivity contribution is 7.85. The molecule has 0 aromatic rings. The van der Waals surface area contributed by atoms with Gasteiger partial charge >= 0.3 is 0 Å². The third kappa shape index (κ3) is 4.25. The monoisotopic (exact) mass is 132 g/mol. The molecule has 0 aromatic carbocycles. The Hall–Kier alpha value is 0.0900. The Morgan fingerprint density at radius 2 is 2.25 bits per heavy atom. The molecular weight excluding hydrogens is 118 g/mol. The highest BCUT2D eigenvalue weighted by atomic mass is 32.2. The maximum Gasteiger partial charge on any atom is -0.00973 e. The molecule has 1 nitrogen and oxygen atoms in total. The first kappa shape index (κ1) is 8.09. The minimum Gasteiger partial charge on any atom is -0.444 e. The van der Waals surface area contributed by atoms with Crippen molar-refractivity contribution >= 4 is 10.3 Å². The molecule has 0 rings (SSSR count). The highest BCUT2D eigenvalue weighted by Crippen LogP contribution is 1.67. The van der Waals surface area contributed by atoms with Crippen LogP contribution in [0.15, 0.2) is 0 Å². The van der Waals surface area contributed by atoms with E-state index in [9.17, 15) is 0 Å². The van der Waals surface area contributed by atoms with Crippen LogP contribution < -0.4 is 5.32 Å². The molecule has 8 heavy (non-hydrogen) atoms. The van der Waals surface area contributed by atoms with Gasteiger partial charge in [-0.1, -0.05) is 12.8 Å². The van der Waals surface area contributed by atoms with E-state index in [0.29, 0.717) is 10.3 Å². The van der Waals surface area contributed by atoms with E-state index < -0.39 is 0 Å². The molecule has 0 saturated heterocycles. The molecule has 0 radical (unpaired) electrons. The molecule has 0 aliphatic carbocycles. The lowest BCUT2D eigenvalue weighted by Crippen LogP contribution is -2.16. The molecule has 50 valence electrons. The van der Waals surface area contributed by atoms with Gasteiger partial charge in [0.1, 0.15) is 0 Å². The topological polar surface area (TPSA) is 12.0 Å². The fourth-order valence-corrected chi connectivity index (χ4v) is 0.982. The molecule has 0 aliphatic heterocycles. The molecule has 0 spiro atoms. The van der Waals surface area contributed by atoms with Gasteiger partial charge in [-0.05, 0) is 13.5 Å². The van der Waals surface area contributed by atoms with Gasteiger partial charge in [-0.2, -0.15) is 0 Å². The normalized spacial score (nSPS) is 9.50. The van der Waals surface area contributed by atoms with E-state index in [2.05, 4.69) is 23.7 Å². The highest BCUT2D eigenvalue weighted by Gasteiger charge is 1.65. The maximum absolute atomic E-state index is 3.25. The molecule has 2 heteroatoms. The second-order valence-electron chi connectivity index (χ2n) is 1.59. The van der Waals surface area contributed by atoms with Crippen molar-refractivity contribution in [3.63, 3.8) is 0 Å². The second-order valence-corrected chi connectivity index (χ2v) is 3.56. The van der Waals surface area contributed by atoms with E-state index in [0.717, 1.165) is 12.4 Å². The first-order chi connectivity index (χ1) is 3.81. The van der Waals surface area contributed by atoms with Crippen LogP contribution in [0.5, 0.6) is 0 Å². The third-order valence-electron chi connectivity index (χ3n) is 0.917. The molecule has 0 aromatic heterocycles. The van der Waals surface area contributed by atoms with Crippen molar-refractivity contribution in [2.75, 3.05) is 18.7 Å². The van der Waals surface area contributed by atoms with Crippen molar-refractivity contribution < 1.29 is 0 Å². The standard InChI is InChI=1S/C6H14NS/c1-4-7-6-8(3)5-2/h7H,4,6H2,1-3H3/q-1. The molecule has 0 amide bonds. The van der Waals surface area contributed by atoms with Gasteiger partial charge in [-0.3, -0.25) is 0 Å². The summed E-state index contributed by atoms with van der Waals surface area (Å²) < 4.78 is 0. The van der Waals surface area contributed by atoms with E-state index in [4.69, 9.17) is 0 Å². The molecule has 1 N–H and O–H groups in total. The zero-order chi connectivity index (χ0) is 6.41. The van der Waals surface area contributed by atoms with Gasteiger partial charge in [0, 0.05) is 0 Å². The number of nitrogens with one attached hydrogen (secondary N) is 1. The molecule has 0 fully saturated rings. The summed E-state index contributed by atoms with van der Waals surface area (Å²) in [7, 11) is 0.362. The van der Waals surface area contributed by atoms with Crippen LogP contribution in [-0.2, 0) is 10.3 Å². The molecular formula is C6H14NS-. The van der Waals surface area contributed by atoms with Crippen molar-refractivity contribution in [1.82, 2.24) is 5.32 Å². The zero-order valence-electron chi connectivity index (χ0n) is 5.82. The van der Waals surface area contributed by atoms with Crippen LogP contribution in [0.3, 0.4) is 0 Å². The molecule has 0 atom stereocenters. The van der Waals surface area contributed by atoms with Crippen LogP contribution in [-0.4, -0.2) is 18.7 Å². The van der Waals surface area contributed by atoms with Gasteiger partial charge in [0.15, 0.2) is 0 Å². The Bertz CT molecular complexity index is 117. The summed E-state index contributed by atoms with van der Waals surface area (Å²) in [6.45, 7) is 5.17. The maximum atomic E-state index is 3.25. The van der Waals surface area contributed by atoms with Crippen LogP contribution in [0, 0.1) is 5.18 Å². The average molecular weight is 132 g/mol. The number of rotatable bonds is 2. The van der Waals surface area contributed by atoms with Crippen LogP contribution in [0.1, 0.15) is 13.8 Å². The zero-order valence-corrected chi connectivity index (χ0v) is 6.64. The van der Waals surface area contributed by atoms with Crippen LogP contribution in [0.2, 0.25) is 0 Å². The van der Waals surface area contributed by atoms with Gasteiger partial charge in [-0.15, -0.1) is 6.26 Å². The van der Waals surface area contributed by atoms with E-state index in [-0.39, 0.29) is 0 Å². The summed E-state index contributed by atoms with van der Waals surface area (Å²) in [5.41, 5.74) is 0. The molecule has 0 unspecified atom stereocenters. The Balaban J connectivity index is 3.21. The fraction of sp³-hybridized carbons (Fsp3) is 0.833. The van der Waals surface area contributed by atoms with Gasteiger partial charge in [0.2, 0.25) is 0 Å². The van der Waals surface area contributed by atoms with Crippen molar-refractivity contribution in [2.24, 2.45) is 0 Å². The summed E-state index contributed by atoms with van der Waals surface area (Å²) in [6.07, 6.45) is 2.18. The molecule has 0 heterocycles. The Morgan fingerprint density at radius 1 is 1.62 bits per heavy atom. The van der Waals surface area contributed by atoms with Gasteiger partial charge < -0.3 is 20.8 Å². The minimum absolute atomic E-state index is 0.362. The van der Waals surface area contributed by atoms with Crippen LogP contribution >= 0.6 is 0 Å². The van der Waals surface area contributed by atoms with E-state index in [1.807, 2.05) is 6.92 Å². The first-order valence-electron chi connectivity index (χ1n) is 2.82.